The van der Waals surface area contributed by atoms with Crippen LogP contribution in [-0.4, -0.2) is 0 Å². The molecule has 0 fully saturated rings. The monoisotopic (exact) mass is 152 g/mol. The van der Waals surface area contributed by atoms with Crippen molar-refractivity contribution < 1.29 is 0 Å². The summed E-state index contributed by atoms with van der Waals surface area (Å²) in [6.45, 7) is 8.23. The highest BCUT2D eigenvalue weighted by atomic mass is 14.0. The lowest BCUT2D eigenvalue weighted by Crippen LogP contribution is -1.78. The van der Waals surface area contributed by atoms with Gasteiger partial charge in [0.15, 0.2) is 0 Å². The van der Waals surface area contributed by atoms with Gasteiger partial charge in [0, 0.05) is 0 Å². The highest BCUT2D eigenvalue weighted by Gasteiger charge is 1.89. The predicted molar refractivity (Wildman–Crippen MR) is 52.7 cm³/mol. The summed E-state index contributed by atoms with van der Waals surface area (Å²) in [6.07, 6.45) is 10.5. The molecule has 0 amide bonds. The minimum absolute atomic E-state index is 1.20. The number of hydrogen-bond donors (Lipinski definition) is 0. The summed E-state index contributed by atoms with van der Waals surface area (Å²) in [4.78, 5) is 0. The van der Waals surface area contributed by atoms with E-state index in [0.717, 1.165) is 0 Å². The summed E-state index contributed by atoms with van der Waals surface area (Å²) < 4.78 is 0. The van der Waals surface area contributed by atoms with Crippen LogP contribution in [0.15, 0.2) is 24.3 Å². The molecule has 0 nitrogen and oxygen atoms in total. The molecule has 0 saturated heterocycles. The smallest absolute Gasteiger partial charge is 0.0282 e. The topological polar surface area (TPSA) is 0 Å². The first-order chi connectivity index (χ1) is 5.35. The Morgan fingerprint density at radius 1 is 1.27 bits per heavy atom. The third-order valence-corrected chi connectivity index (χ3v) is 1.78. The van der Waals surface area contributed by atoms with Gasteiger partial charge in [0.1, 0.15) is 0 Å². The van der Waals surface area contributed by atoms with Gasteiger partial charge in [-0.2, -0.15) is 0 Å². The van der Waals surface area contributed by atoms with E-state index in [2.05, 4.69) is 26.5 Å². The summed E-state index contributed by atoms with van der Waals surface area (Å²) >= 11 is 0. The molecule has 0 aliphatic carbocycles. The lowest BCUT2D eigenvalue weighted by molar-refractivity contribution is 0.792. The van der Waals surface area contributed by atoms with Crippen LogP contribution in [0, 0.1) is 0 Å². The number of rotatable bonds is 6. The van der Waals surface area contributed by atoms with Crippen LogP contribution >= 0.6 is 0 Å². The second-order valence-electron chi connectivity index (χ2n) is 2.88. The van der Waals surface area contributed by atoms with Gasteiger partial charge >= 0.3 is 0 Å². The highest BCUT2D eigenvalue weighted by molar-refractivity contribution is 5.15. The molecule has 0 bridgehead atoms. The van der Waals surface area contributed by atoms with Gasteiger partial charge < -0.3 is 0 Å². The van der Waals surface area contributed by atoms with Crippen molar-refractivity contribution in [2.45, 2.75) is 46.0 Å². The fraction of sp³-hybridized carbons (Fsp3) is 0.636. The number of hydrogen-bond acceptors (Lipinski definition) is 0. The maximum Gasteiger partial charge on any atom is -0.0282 e. The van der Waals surface area contributed by atoms with Crippen LogP contribution in [0.4, 0.5) is 0 Å². The normalized spacial score (nSPS) is 11.6. The molecule has 0 heteroatoms. The van der Waals surface area contributed by atoms with E-state index in [-0.39, 0.29) is 0 Å². The minimum atomic E-state index is 1.20. The Kier molecular flexibility index (Phi) is 7.23. The van der Waals surface area contributed by atoms with Crippen molar-refractivity contribution in [3.8, 4) is 0 Å². The summed E-state index contributed by atoms with van der Waals surface area (Å²) in [5, 5.41) is 0. The average molecular weight is 152 g/mol. The van der Waals surface area contributed by atoms with Gasteiger partial charge in [-0.15, -0.1) is 0 Å². The second kappa shape index (κ2) is 7.59. The van der Waals surface area contributed by atoms with Gasteiger partial charge in [0.05, 0.1) is 0 Å². The quantitative estimate of drug-likeness (QED) is 0.503. The van der Waals surface area contributed by atoms with Crippen LogP contribution in [0.2, 0.25) is 0 Å². The van der Waals surface area contributed by atoms with E-state index >= 15 is 0 Å². The Morgan fingerprint density at radius 3 is 2.45 bits per heavy atom. The molecule has 11 heavy (non-hydrogen) atoms. The van der Waals surface area contributed by atoms with Crippen molar-refractivity contribution in [1.29, 1.82) is 0 Å². The molecule has 0 atom stereocenters. The van der Waals surface area contributed by atoms with Crippen LogP contribution in [0.5, 0.6) is 0 Å². The van der Waals surface area contributed by atoms with Crippen LogP contribution in [0.25, 0.3) is 0 Å². The molecular weight excluding hydrogens is 132 g/mol. The molecule has 0 saturated carbocycles. The van der Waals surface area contributed by atoms with Crippen LogP contribution < -0.4 is 0 Å². The van der Waals surface area contributed by atoms with E-state index < -0.39 is 0 Å². The molecule has 0 aliphatic rings. The van der Waals surface area contributed by atoms with Gasteiger partial charge in [0.25, 0.3) is 0 Å². The van der Waals surface area contributed by atoms with Gasteiger partial charge in [-0.1, -0.05) is 51.0 Å². The van der Waals surface area contributed by atoms with Crippen LogP contribution in [-0.2, 0) is 0 Å². The maximum absolute atomic E-state index is 3.80. The van der Waals surface area contributed by atoms with Crippen molar-refractivity contribution in [3.63, 3.8) is 0 Å². The van der Waals surface area contributed by atoms with Gasteiger partial charge in [-0.05, 0) is 19.3 Å². The third-order valence-electron chi connectivity index (χ3n) is 1.78. The number of allylic oxidation sites excluding steroid dienone is 3. The van der Waals surface area contributed by atoms with Gasteiger partial charge in [-0.3, -0.25) is 0 Å². The Labute approximate surface area is 71.0 Å². The summed E-state index contributed by atoms with van der Waals surface area (Å²) in [5.74, 6) is 0. The van der Waals surface area contributed by atoms with Crippen LogP contribution in [0.3, 0.4) is 0 Å². The molecule has 0 N–H and O–H groups in total. The van der Waals surface area contributed by atoms with Crippen molar-refractivity contribution in [2.24, 2.45) is 0 Å². The molecular formula is C11H20. The molecule has 0 spiro atoms. The standard InChI is InChI=1S/C11H20/c1-4-7-9-11(6-3)10-8-5-2/h6,9H,3-5,7-8,10H2,1-2H3. The van der Waals surface area contributed by atoms with E-state index in [1.807, 2.05) is 6.08 Å². The molecule has 0 aromatic carbocycles. The third kappa shape index (κ3) is 5.90. The van der Waals surface area contributed by atoms with E-state index in [4.69, 9.17) is 0 Å². The summed E-state index contributed by atoms with van der Waals surface area (Å²) in [5.41, 5.74) is 1.42. The Bertz CT molecular complexity index is 120. The van der Waals surface area contributed by atoms with Gasteiger partial charge in [0.2, 0.25) is 0 Å². The predicted octanol–water partition coefficient (Wildman–Crippen LogP) is 4.09. The van der Waals surface area contributed by atoms with E-state index in [0.29, 0.717) is 0 Å². The zero-order chi connectivity index (χ0) is 8.53. The highest BCUT2D eigenvalue weighted by Crippen LogP contribution is 2.09. The van der Waals surface area contributed by atoms with Crippen molar-refractivity contribution >= 4 is 0 Å². The van der Waals surface area contributed by atoms with Crippen molar-refractivity contribution in [2.75, 3.05) is 0 Å². The lowest BCUT2D eigenvalue weighted by Gasteiger charge is -1.99. The molecule has 0 unspecified atom stereocenters. The first kappa shape index (κ1) is 10.5. The fourth-order valence-corrected chi connectivity index (χ4v) is 0.998. The molecule has 0 aliphatic heterocycles. The minimum Gasteiger partial charge on any atom is -0.0988 e. The zero-order valence-electron chi connectivity index (χ0n) is 7.90. The zero-order valence-corrected chi connectivity index (χ0v) is 7.90. The molecule has 0 aromatic rings. The molecule has 0 heterocycles. The van der Waals surface area contributed by atoms with Crippen molar-refractivity contribution in [3.05, 3.63) is 24.3 Å². The lowest BCUT2D eigenvalue weighted by atomic mass is 10.1. The molecule has 0 aromatic heterocycles. The molecule has 0 rings (SSSR count). The van der Waals surface area contributed by atoms with E-state index in [1.54, 1.807) is 0 Å². The van der Waals surface area contributed by atoms with Crippen LogP contribution in [0.1, 0.15) is 46.0 Å². The SMILES string of the molecule is C=CC(=CCCC)CCCC. The number of unbranched alkanes of at least 4 members (excludes halogenated alkanes) is 2. The Hall–Kier alpha value is -0.520. The van der Waals surface area contributed by atoms with Crippen molar-refractivity contribution in [1.82, 2.24) is 0 Å². The molecule has 0 radical (unpaired) electrons. The first-order valence-corrected chi connectivity index (χ1v) is 4.66. The Balaban J connectivity index is 3.64. The fourth-order valence-electron chi connectivity index (χ4n) is 0.998. The van der Waals surface area contributed by atoms with E-state index in [1.165, 1.54) is 37.7 Å². The largest absolute Gasteiger partial charge is 0.0988 e. The summed E-state index contributed by atoms with van der Waals surface area (Å²) in [7, 11) is 0. The Morgan fingerprint density at radius 2 is 2.00 bits per heavy atom. The molecule has 64 valence electrons. The van der Waals surface area contributed by atoms with Gasteiger partial charge in [-0.25, -0.2) is 0 Å². The van der Waals surface area contributed by atoms with E-state index in [9.17, 15) is 0 Å². The maximum atomic E-state index is 3.80. The second-order valence-corrected chi connectivity index (χ2v) is 2.88. The average Bonchev–Trinajstić information content (AvgIpc) is 2.05. The summed E-state index contributed by atoms with van der Waals surface area (Å²) in [6, 6.07) is 0. The first-order valence-electron chi connectivity index (χ1n) is 4.66.